The molecule has 0 atom stereocenters. The molecule has 0 spiro atoms. The molecule has 0 unspecified atom stereocenters. The number of aromatic nitrogens is 2. The van der Waals surface area contributed by atoms with Crippen molar-refractivity contribution in [1.82, 2.24) is 15.5 Å². The van der Waals surface area contributed by atoms with E-state index in [1.54, 1.807) is 11.3 Å². The Morgan fingerprint density at radius 2 is 1.68 bits per heavy atom. The predicted octanol–water partition coefficient (Wildman–Crippen LogP) is 3.93. The van der Waals surface area contributed by atoms with E-state index in [1.165, 1.54) is 0 Å². The van der Waals surface area contributed by atoms with E-state index in [0.29, 0.717) is 6.04 Å². The molecule has 1 aromatic carbocycles. The molecule has 5 heteroatoms. The Labute approximate surface area is 136 Å². The van der Waals surface area contributed by atoms with Crippen LogP contribution in [-0.4, -0.2) is 27.3 Å². The molecule has 4 nitrogen and oxygen atoms in total. The lowest BCUT2D eigenvalue weighted by Gasteiger charge is -2.46. The van der Waals surface area contributed by atoms with Gasteiger partial charge in [-0.1, -0.05) is 41.7 Å². The molecular weight excluding hydrogens is 292 g/mol. The highest BCUT2D eigenvalue weighted by Crippen LogP contribution is 2.32. The predicted molar refractivity (Wildman–Crippen MR) is 93.3 cm³/mol. The summed E-state index contributed by atoms with van der Waals surface area (Å²) in [5, 5.41) is 17.8. The van der Waals surface area contributed by atoms with E-state index in [9.17, 15) is 0 Å². The summed E-state index contributed by atoms with van der Waals surface area (Å²) in [5.41, 5.74) is 1.39. The lowest BCUT2D eigenvalue weighted by atomic mass is 9.80. The highest BCUT2D eigenvalue weighted by atomic mass is 32.1. The lowest BCUT2D eigenvalue weighted by Crippen LogP contribution is -2.60. The second kappa shape index (κ2) is 5.63. The molecule has 1 fully saturated rings. The standard InChI is InChI=1S/C17H24N4S/c1-16(2)10-13(11-17(3,4)21-16)18-15-20-19-14(22-15)12-8-6-5-7-9-12/h5-9,13,21H,10-11H2,1-4H3,(H,18,20). The highest BCUT2D eigenvalue weighted by molar-refractivity contribution is 7.18. The molecule has 0 amide bonds. The maximum Gasteiger partial charge on any atom is 0.206 e. The Hall–Kier alpha value is -1.46. The monoisotopic (exact) mass is 316 g/mol. The number of nitrogens with zero attached hydrogens (tertiary/aromatic N) is 2. The second-order valence-electron chi connectivity index (χ2n) is 7.42. The van der Waals surface area contributed by atoms with Crippen molar-refractivity contribution in [1.29, 1.82) is 0 Å². The average molecular weight is 316 g/mol. The van der Waals surface area contributed by atoms with Crippen molar-refractivity contribution in [2.75, 3.05) is 5.32 Å². The van der Waals surface area contributed by atoms with Crippen LogP contribution in [0.5, 0.6) is 0 Å². The smallest absolute Gasteiger partial charge is 0.206 e. The van der Waals surface area contributed by atoms with Gasteiger partial charge in [0.15, 0.2) is 0 Å². The van der Waals surface area contributed by atoms with Crippen molar-refractivity contribution < 1.29 is 0 Å². The molecule has 0 radical (unpaired) electrons. The zero-order valence-electron chi connectivity index (χ0n) is 13.7. The van der Waals surface area contributed by atoms with Gasteiger partial charge < -0.3 is 10.6 Å². The molecular formula is C17H24N4S. The Bertz CT molecular complexity index is 617. The zero-order valence-corrected chi connectivity index (χ0v) is 14.5. The fraction of sp³-hybridized carbons (Fsp3) is 0.529. The topological polar surface area (TPSA) is 49.8 Å². The molecule has 2 N–H and O–H groups in total. The molecule has 0 saturated carbocycles. The molecule has 118 valence electrons. The first-order chi connectivity index (χ1) is 10.3. The third-order valence-electron chi connectivity index (χ3n) is 3.96. The summed E-state index contributed by atoms with van der Waals surface area (Å²) in [4.78, 5) is 0. The van der Waals surface area contributed by atoms with Crippen molar-refractivity contribution in [2.45, 2.75) is 57.7 Å². The SMILES string of the molecule is CC1(C)CC(Nc2nnc(-c3ccccc3)s2)CC(C)(C)N1. The first-order valence-electron chi connectivity index (χ1n) is 7.78. The Balaban J connectivity index is 1.73. The summed E-state index contributed by atoms with van der Waals surface area (Å²) < 4.78 is 0. The number of hydrogen-bond donors (Lipinski definition) is 2. The van der Waals surface area contributed by atoms with Crippen molar-refractivity contribution in [3.8, 4) is 10.6 Å². The van der Waals surface area contributed by atoms with Gasteiger partial charge in [0.05, 0.1) is 0 Å². The third-order valence-corrected chi connectivity index (χ3v) is 4.87. The second-order valence-corrected chi connectivity index (χ2v) is 8.40. The first-order valence-corrected chi connectivity index (χ1v) is 8.59. The molecule has 1 saturated heterocycles. The van der Waals surface area contributed by atoms with Crippen LogP contribution >= 0.6 is 11.3 Å². The highest BCUT2D eigenvalue weighted by Gasteiger charge is 2.37. The number of nitrogens with one attached hydrogen (secondary N) is 2. The largest absolute Gasteiger partial charge is 0.357 e. The minimum absolute atomic E-state index is 0.131. The van der Waals surface area contributed by atoms with E-state index in [1.807, 2.05) is 18.2 Å². The van der Waals surface area contributed by atoms with Crippen LogP contribution in [0.25, 0.3) is 10.6 Å². The van der Waals surface area contributed by atoms with Gasteiger partial charge >= 0.3 is 0 Å². The molecule has 1 aliphatic rings. The normalized spacial score (nSPS) is 20.7. The quantitative estimate of drug-likeness (QED) is 0.901. The molecule has 2 aromatic rings. The van der Waals surface area contributed by atoms with Crippen LogP contribution in [0.2, 0.25) is 0 Å². The minimum Gasteiger partial charge on any atom is -0.357 e. The first kappa shape index (κ1) is 15.4. The third kappa shape index (κ3) is 3.65. The van der Waals surface area contributed by atoms with Gasteiger partial charge in [0.25, 0.3) is 0 Å². The Morgan fingerprint density at radius 3 is 2.32 bits per heavy atom. The van der Waals surface area contributed by atoms with Crippen molar-refractivity contribution in [3.63, 3.8) is 0 Å². The van der Waals surface area contributed by atoms with Gasteiger partial charge in [-0.25, -0.2) is 0 Å². The molecule has 0 aliphatic carbocycles. The summed E-state index contributed by atoms with van der Waals surface area (Å²) in [6.07, 6.45) is 2.16. The van der Waals surface area contributed by atoms with Gasteiger partial charge in [-0.3, -0.25) is 0 Å². The van der Waals surface area contributed by atoms with Gasteiger partial charge in [0, 0.05) is 22.7 Å². The summed E-state index contributed by atoms with van der Waals surface area (Å²) in [6, 6.07) is 10.6. The Kier molecular flexibility index (Phi) is 3.95. The maximum absolute atomic E-state index is 4.32. The van der Waals surface area contributed by atoms with Crippen molar-refractivity contribution in [3.05, 3.63) is 30.3 Å². The number of piperidine rings is 1. The van der Waals surface area contributed by atoms with E-state index in [-0.39, 0.29) is 11.1 Å². The summed E-state index contributed by atoms with van der Waals surface area (Å²) in [6.45, 7) is 9.05. The van der Waals surface area contributed by atoms with E-state index in [4.69, 9.17) is 0 Å². The van der Waals surface area contributed by atoms with E-state index in [0.717, 1.165) is 28.5 Å². The molecule has 1 aromatic heterocycles. The van der Waals surface area contributed by atoms with Gasteiger partial charge in [0.1, 0.15) is 5.01 Å². The van der Waals surface area contributed by atoms with Gasteiger partial charge in [0.2, 0.25) is 5.13 Å². The molecule has 3 rings (SSSR count). The maximum atomic E-state index is 4.32. The number of hydrogen-bond acceptors (Lipinski definition) is 5. The van der Waals surface area contributed by atoms with Gasteiger partial charge in [-0.15, -0.1) is 10.2 Å². The molecule has 22 heavy (non-hydrogen) atoms. The number of benzene rings is 1. The van der Waals surface area contributed by atoms with Crippen LogP contribution < -0.4 is 10.6 Å². The number of rotatable bonds is 3. The lowest BCUT2D eigenvalue weighted by molar-refractivity contribution is 0.170. The van der Waals surface area contributed by atoms with Crippen LogP contribution in [0.3, 0.4) is 0 Å². The van der Waals surface area contributed by atoms with Crippen molar-refractivity contribution >= 4 is 16.5 Å². The van der Waals surface area contributed by atoms with Crippen molar-refractivity contribution in [2.24, 2.45) is 0 Å². The van der Waals surface area contributed by atoms with Crippen LogP contribution in [0, 0.1) is 0 Å². The van der Waals surface area contributed by atoms with Crippen LogP contribution in [-0.2, 0) is 0 Å². The average Bonchev–Trinajstić information content (AvgIpc) is 2.84. The van der Waals surface area contributed by atoms with Crippen LogP contribution in [0.15, 0.2) is 30.3 Å². The van der Waals surface area contributed by atoms with E-state index >= 15 is 0 Å². The minimum atomic E-state index is 0.131. The van der Waals surface area contributed by atoms with Gasteiger partial charge in [-0.2, -0.15) is 0 Å². The zero-order chi connectivity index (χ0) is 15.8. The fourth-order valence-electron chi connectivity index (χ4n) is 3.58. The van der Waals surface area contributed by atoms with Crippen LogP contribution in [0.1, 0.15) is 40.5 Å². The van der Waals surface area contributed by atoms with E-state index < -0.39 is 0 Å². The summed E-state index contributed by atoms with van der Waals surface area (Å²) in [5.74, 6) is 0. The summed E-state index contributed by atoms with van der Waals surface area (Å²) in [7, 11) is 0. The van der Waals surface area contributed by atoms with Crippen LogP contribution in [0.4, 0.5) is 5.13 Å². The summed E-state index contributed by atoms with van der Waals surface area (Å²) >= 11 is 1.63. The van der Waals surface area contributed by atoms with Gasteiger partial charge in [-0.05, 0) is 40.5 Å². The molecule has 2 heterocycles. The Morgan fingerprint density at radius 1 is 1.05 bits per heavy atom. The van der Waals surface area contributed by atoms with E-state index in [2.05, 4.69) is 60.7 Å². The number of anilines is 1. The molecule has 0 bridgehead atoms. The molecule has 1 aliphatic heterocycles. The fourth-order valence-corrected chi connectivity index (χ4v) is 4.40.